The molecule has 0 saturated heterocycles. The molecule has 1 rings (SSSR count). The maximum Gasteiger partial charge on any atom is 0.0215 e. The summed E-state index contributed by atoms with van der Waals surface area (Å²) < 4.78 is 0. The van der Waals surface area contributed by atoms with Crippen LogP contribution in [0.1, 0.15) is 46.5 Å². The van der Waals surface area contributed by atoms with E-state index in [4.69, 9.17) is 0 Å². The van der Waals surface area contributed by atoms with Crippen LogP contribution in [0, 0.1) is 11.3 Å². The molecule has 2 nitrogen and oxygen atoms in total. The van der Waals surface area contributed by atoms with Gasteiger partial charge in [-0.25, -0.2) is 0 Å². The Balaban J connectivity index is 2.31. The first-order valence-corrected chi connectivity index (χ1v) is 5.83. The quantitative estimate of drug-likeness (QED) is 0.686. The summed E-state index contributed by atoms with van der Waals surface area (Å²) in [6.07, 6.45) is 5.43. The van der Waals surface area contributed by atoms with Gasteiger partial charge in [-0.2, -0.15) is 0 Å². The van der Waals surface area contributed by atoms with Gasteiger partial charge in [0.15, 0.2) is 0 Å². The van der Waals surface area contributed by atoms with Crippen molar-refractivity contribution < 1.29 is 0 Å². The van der Waals surface area contributed by atoms with E-state index in [1.165, 1.54) is 25.7 Å². The largest absolute Gasteiger partial charge is 0.253 e. The van der Waals surface area contributed by atoms with Crippen LogP contribution in [-0.2, 0) is 0 Å². The SMILES string of the molecule is CN(C)NC1CCC(C(C)(C)C)CC1. The predicted molar refractivity (Wildman–Crippen MR) is 62.0 cm³/mol. The molecule has 14 heavy (non-hydrogen) atoms. The van der Waals surface area contributed by atoms with Crippen LogP contribution in [0.5, 0.6) is 0 Å². The van der Waals surface area contributed by atoms with Gasteiger partial charge in [-0.3, -0.25) is 10.4 Å². The van der Waals surface area contributed by atoms with E-state index in [0.717, 1.165) is 5.92 Å². The van der Waals surface area contributed by atoms with Gasteiger partial charge in [0.05, 0.1) is 0 Å². The van der Waals surface area contributed by atoms with Crippen molar-refractivity contribution in [3.05, 3.63) is 0 Å². The smallest absolute Gasteiger partial charge is 0.0215 e. The van der Waals surface area contributed by atoms with Gasteiger partial charge in [0, 0.05) is 20.1 Å². The Morgan fingerprint density at radius 3 is 1.86 bits per heavy atom. The number of hydrogen-bond donors (Lipinski definition) is 1. The number of hydrogen-bond acceptors (Lipinski definition) is 2. The van der Waals surface area contributed by atoms with Crippen LogP contribution >= 0.6 is 0 Å². The molecule has 0 aromatic heterocycles. The van der Waals surface area contributed by atoms with E-state index in [-0.39, 0.29) is 0 Å². The fourth-order valence-electron chi connectivity index (χ4n) is 2.45. The maximum absolute atomic E-state index is 3.49. The lowest BCUT2D eigenvalue weighted by Gasteiger charge is -2.38. The molecule has 1 saturated carbocycles. The lowest BCUT2D eigenvalue weighted by molar-refractivity contribution is 0.129. The molecule has 0 aromatic rings. The molecule has 0 heterocycles. The number of nitrogens with one attached hydrogen (secondary N) is 1. The Morgan fingerprint density at radius 1 is 1.00 bits per heavy atom. The topological polar surface area (TPSA) is 15.3 Å². The fourth-order valence-corrected chi connectivity index (χ4v) is 2.45. The third kappa shape index (κ3) is 3.58. The maximum atomic E-state index is 3.49. The highest BCUT2D eigenvalue weighted by molar-refractivity contribution is 4.82. The van der Waals surface area contributed by atoms with Gasteiger partial charge in [0.1, 0.15) is 0 Å². The van der Waals surface area contributed by atoms with E-state index in [1.807, 2.05) is 0 Å². The molecule has 0 bridgehead atoms. The van der Waals surface area contributed by atoms with Crippen LogP contribution in [0.3, 0.4) is 0 Å². The highest BCUT2D eigenvalue weighted by atomic mass is 15.5. The van der Waals surface area contributed by atoms with Gasteiger partial charge in [0.2, 0.25) is 0 Å². The van der Waals surface area contributed by atoms with Gasteiger partial charge >= 0.3 is 0 Å². The molecule has 0 aliphatic heterocycles. The van der Waals surface area contributed by atoms with E-state index in [0.29, 0.717) is 11.5 Å². The molecule has 0 aromatic carbocycles. The summed E-state index contributed by atoms with van der Waals surface area (Å²) in [5.74, 6) is 0.919. The Hall–Kier alpha value is -0.0800. The zero-order chi connectivity index (χ0) is 10.8. The molecule has 0 unspecified atom stereocenters. The summed E-state index contributed by atoms with van der Waals surface area (Å²) in [5, 5.41) is 2.09. The standard InChI is InChI=1S/C12H26N2/c1-12(2,3)10-6-8-11(9-7-10)13-14(4)5/h10-11,13H,6-9H2,1-5H3. The molecule has 84 valence electrons. The van der Waals surface area contributed by atoms with E-state index < -0.39 is 0 Å². The molecule has 0 amide bonds. The molecule has 1 aliphatic rings. The van der Waals surface area contributed by atoms with Crippen LogP contribution in [-0.4, -0.2) is 25.1 Å². The molecule has 2 heteroatoms. The molecular formula is C12H26N2. The average molecular weight is 198 g/mol. The molecule has 0 spiro atoms. The van der Waals surface area contributed by atoms with Gasteiger partial charge in [-0.1, -0.05) is 20.8 Å². The second kappa shape index (κ2) is 4.63. The van der Waals surface area contributed by atoms with Gasteiger partial charge in [-0.15, -0.1) is 0 Å². The van der Waals surface area contributed by atoms with E-state index in [9.17, 15) is 0 Å². The molecule has 0 radical (unpaired) electrons. The number of hydrazine groups is 1. The zero-order valence-electron chi connectivity index (χ0n) is 10.4. The Kier molecular flexibility index (Phi) is 3.96. The molecule has 1 fully saturated rings. The highest BCUT2D eigenvalue weighted by Crippen LogP contribution is 2.37. The number of nitrogens with zero attached hydrogens (tertiary/aromatic N) is 1. The van der Waals surface area contributed by atoms with Gasteiger partial charge in [-0.05, 0) is 37.0 Å². The summed E-state index contributed by atoms with van der Waals surface area (Å²) in [4.78, 5) is 0. The number of rotatable bonds is 2. The molecule has 1 N–H and O–H groups in total. The van der Waals surface area contributed by atoms with Crippen LogP contribution in [0.25, 0.3) is 0 Å². The normalized spacial score (nSPS) is 29.6. The van der Waals surface area contributed by atoms with Crippen LogP contribution in [0.2, 0.25) is 0 Å². The van der Waals surface area contributed by atoms with Crippen molar-refractivity contribution in [2.24, 2.45) is 11.3 Å². The first kappa shape index (κ1) is 12.0. The minimum atomic E-state index is 0.503. The summed E-state index contributed by atoms with van der Waals surface area (Å²) in [5.41, 5.74) is 3.99. The monoisotopic (exact) mass is 198 g/mol. The van der Waals surface area contributed by atoms with E-state index >= 15 is 0 Å². The Labute approximate surface area is 89.0 Å². The van der Waals surface area contributed by atoms with Crippen molar-refractivity contribution >= 4 is 0 Å². The molecule has 1 aliphatic carbocycles. The van der Waals surface area contributed by atoms with Crippen LogP contribution < -0.4 is 5.43 Å². The van der Waals surface area contributed by atoms with Crippen LogP contribution in [0.4, 0.5) is 0 Å². The first-order chi connectivity index (χ1) is 6.39. The summed E-state index contributed by atoms with van der Waals surface area (Å²) in [6.45, 7) is 7.12. The average Bonchev–Trinajstić information content (AvgIpc) is 2.02. The third-order valence-electron chi connectivity index (χ3n) is 3.39. The summed E-state index contributed by atoms with van der Waals surface area (Å²) in [7, 11) is 4.16. The van der Waals surface area contributed by atoms with Gasteiger partial charge in [0.25, 0.3) is 0 Å². The lowest BCUT2D eigenvalue weighted by Crippen LogP contribution is -2.42. The zero-order valence-corrected chi connectivity index (χ0v) is 10.4. The minimum Gasteiger partial charge on any atom is -0.253 e. The minimum absolute atomic E-state index is 0.503. The highest BCUT2D eigenvalue weighted by Gasteiger charge is 2.29. The van der Waals surface area contributed by atoms with Crippen molar-refractivity contribution in [2.45, 2.75) is 52.5 Å². The second-order valence-electron chi connectivity index (χ2n) is 5.94. The summed E-state index contributed by atoms with van der Waals surface area (Å²) in [6, 6.07) is 0.712. The van der Waals surface area contributed by atoms with Crippen LogP contribution in [0.15, 0.2) is 0 Å². The second-order valence-corrected chi connectivity index (χ2v) is 5.94. The van der Waals surface area contributed by atoms with E-state index in [1.54, 1.807) is 0 Å². The van der Waals surface area contributed by atoms with Crippen molar-refractivity contribution in [3.63, 3.8) is 0 Å². The summed E-state index contributed by atoms with van der Waals surface area (Å²) >= 11 is 0. The van der Waals surface area contributed by atoms with Gasteiger partial charge < -0.3 is 0 Å². The Bertz CT molecular complexity index is 162. The van der Waals surface area contributed by atoms with Crippen molar-refractivity contribution in [3.8, 4) is 0 Å². The first-order valence-electron chi connectivity index (χ1n) is 5.83. The lowest BCUT2D eigenvalue weighted by atomic mass is 9.71. The third-order valence-corrected chi connectivity index (χ3v) is 3.39. The van der Waals surface area contributed by atoms with E-state index in [2.05, 4.69) is 45.3 Å². The van der Waals surface area contributed by atoms with Crippen molar-refractivity contribution in [2.75, 3.05) is 14.1 Å². The Morgan fingerprint density at radius 2 is 1.50 bits per heavy atom. The molecule has 0 atom stereocenters. The predicted octanol–water partition coefficient (Wildman–Crippen LogP) is 2.66. The van der Waals surface area contributed by atoms with Crippen molar-refractivity contribution in [1.29, 1.82) is 0 Å². The van der Waals surface area contributed by atoms with Crippen molar-refractivity contribution in [1.82, 2.24) is 10.4 Å². The molecular weight excluding hydrogens is 172 g/mol. The fraction of sp³-hybridized carbons (Fsp3) is 1.00.